The van der Waals surface area contributed by atoms with Gasteiger partial charge in [0.1, 0.15) is 5.82 Å². The number of rotatable bonds is 5. The fourth-order valence-electron chi connectivity index (χ4n) is 2.93. The maximum absolute atomic E-state index is 13.9. The molecule has 0 spiro atoms. The molecule has 0 heterocycles. The summed E-state index contributed by atoms with van der Waals surface area (Å²) >= 11 is 0. The molecule has 1 N–H and O–H groups in total. The number of carbonyl (C=O) groups is 1. The number of carbonyl (C=O) groups excluding carboxylic acids is 1. The Hall–Kier alpha value is -1.46. The monoisotopic (exact) mass is 295 g/mol. The number of esters is 1. The Bertz CT molecular complexity index is 506. The smallest absolute Gasteiger partial charge is 0.337 e. The molecule has 0 aliphatic heterocycles. The highest BCUT2D eigenvalue weighted by atomic mass is 19.1. The van der Waals surface area contributed by atoms with E-state index in [-0.39, 0.29) is 17.8 Å². The first kappa shape index (κ1) is 15.9. The summed E-state index contributed by atoms with van der Waals surface area (Å²) in [5, 5.41) is 9.85. The molecular formula is C16H22FNO3. The average molecular weight is 295 g/mol. The Morgan fingerprint density at radius 2 is 2.24 bits per heavy atom. The highest BCUT2D eigenvalue weighted by Gasteiger charge is 2.26. The van der Waals surface area contributed by atoms with Crippen LogP contribution in [0, 0.1) is 11.7 Å². The average Bonchev–Trinajstić information content (AvgIpc) is 2.85. The molecule has 1 aromatic carbocycles. The van der Waals surface area contributed by atoms with E-state index in [1.165, 1.54) is 25.3 Å². The Balaban J connectivity index is 2.02. The highest BCUT2D eigenvalue weighted by molar-refractivity contribution is 5.89. The Kier molecular flexibility index (Phi) is 5.31. The van der Waals surface area contributed by atoms with Crippen molar-refractivity contribution in [3.63, 3.8) is 0 Å². The molecule has 2 atom stereocenters. The summed E-state index contributed by atoms with van der Waals surface area (Å²) in [6.45, 7) is 1.13. The summed E-state index contributed by atoms with van der Waals surface area (Å²) in [7, 11) is 3.20. The van der Waals surface area contributed by atoms with Crippen molar-refractivity contribution in [2.45, 2.75) is 31.9 Å². The van der Waals surface area contributed by atoms with Crippen molar-refractivity contribution in [3.8, 4) is 0 Å². The maximum atomic E-state index is 13.9. The number of aliphatic hydroxyl groups excluding tert-OH is 1. The summed E-state index contributed by atoms with van der Waals surface area (Å²) in [6.07, 6.45) is 2.66. The van der Waals surface area contributed by atoms with E-state index >= 15 is 0 Å². The number of benzene rings is 1. The third kappa shape index (κ3) is 4.02. The number of nitrogens with zero attached hydrogens (tertiary/aromatic N) is 1. The van der Waals surface area contributed by atoms with Crippen LogP contribution < -0.4 is 0 Å². The molecule has 0 bridgehead atoms. The van der Waals surface area contributed by atoms with E-state index in [0.717, 1.165) is 25.8 Å². The number of methoxy groups -OCH3 is 1. The van der Waals surface area contributed by atoms with Gasteiger partial charge >= 0.3 is 5.97 Å². The van der Waals surface area contributed by atoms with Gasteiger partial charge in [-0.2, -0.15) is 0 Å². The lowest BCUT2D eigenvalue weighted by molar-refractivity contribution is 0.0600. The topological polar surface area (TPSA) is 49.8 Å². The molecule has 5 heteroatoms. The molecule has 1 aromatic rings. The lowest BCUT2D eigenvalue weighted by Gasteiger charge is -2.23. The molecule has 0 saturated heterocycles. The van der Waals surface area contributed by atoms with E-state index in [0.29, 0.717) is 17.7 Å². The van der Waals surface area contributed by atoms with Gasteiger partial charge in [-0.05, 0) is 44.0 Å². The molecule has 21 heavy (non-hydrogen) atoms. The largest absolute Gasteiger partial charge is 0.465 e. The molecule has 1 saturated carbocycles. The minimum Gasteiger partial charge on any atom is -0.465 e. The van der Waals surface area contributed by atoms with Gasteiger partial charge in [0.25, 0.3) is 0 Å². The van der Waals surface area contributed by atoms with E-state index in [4.69, 9.17) is 0 Å². The van der Waals surface area contributed by atoms with E-state index in [9.17, 15) is 14.3 Å². The second-order valence-electron chi connectivity index (χ2n) is 5.75. The molecular weight excluding hydrogens is 273 g/mol. The highest BCUT2D eigenvalue weighted by Crippen LogP contribution is 2.26. The second kappa shape index (κ2) is 7.00. The number of hydrogen-bond acceptors (Lipinski definition) is 4. The normalized spacial score (nSPS) is 21.8. The van der Waals surface area contributed by atoms with Crippen molar-refractivity contribution < 1.29 is 19.0 Å². The molecule has 2 unspecified atom stereocenters. The van der Waals surface area contributed by atoms with Crippen LogP contribution in [-0.4, -0.2) is 42.8 Å². The van der Waals surface area contributed by atoms with Crippen molar-refractivity contribution in [3.05, 3.63) is 35.1 Å². The maximum Gasteiger partial charge on any atom is 0.337 e. The van der Waals surface area contributed by atoms with Gasteiger partial charge in [0.2, 0.25) is 0 Å². The van der Waals surface area contributed by atoms with Crippen LogP contribution in [0.15, 0.2) is 18.2 Å². The van der Waals surface area contributed by atoms with Gasteiger partial charge in [-0.1, -0.05) is 6.42 Å². The Morgan fingerprint density at radius 1 is 1.48 bits per heavy atom. The number of halogens is 1. The van der Waals surface area contributed by atoms with Crippen LogP contribution in [0.1, 0.15) is 35.2 Å². The summed E-state index contributed by atoms with van der Waals surface area (Å²) in [6, 6.07) is 4.24. The number of hydrogen-bond donors (Lipinski definition) is 1. The molecule has 0 radical (unpaired) electrons. The van der Waals surface area contributed by atoms with Crippen LogP contribution in [0.4, 0.5) is 4.39 Å². The molecule has 4 nitrogen and oxygen atoms in total. The van der Waals surface area contributed by atoms with Crippen LogP contribution in [0.3, 0.4) is 0 Å². The first-order valence-electron chi connectivity index (χ1n) is 7.24. The zero-order chi connectivity index (χ0) is 15.4. The molecule has 0 amide bonds. The minimum absolute atomic E-state index is 0.251. The molecule has 1 fully saturated rings. The third-order valence-electron chi connectivity index (χ3n) is 4.07. The molecule has 1 aliphatic carbocycles. The quantitative estimate of drug-likeness (QED) is 0.846. The Morgan fingerprint density at radius 3 is 2.86 bits per heavy atom. The van der Waals surface area contributed by atoms with Crippen LogP contribution in [0.25, 0.3) is 0 Å². The van der Waals surface area contributed by atoms with Crippen LogP contribution in [0.2, 0.25) is 0 Å². The van der Waals surface area contributed by atoms with Gasteiger partial charge in [-0.25, -0.2) is 9.18 Å². The van der Waals surface area contributed by atoms with Crippen molar-refractivity contribution in [2.75, 3.05) is 20.7 Å². The molecule has 116 valence electrons. The summed E-state index contributed by atoms with van der Waals surface area (Å²) in [5.41, 5.74) is 0.816. The standard InChI is InChI=1S/C16H22FNO3/c1-18(9-12-4-3-5-15(12)19)10-13-8-11(16(20)21-2)6-7-14(13)17/h6-8,12,15,19H,3-5,9-10H2,1-2H3. The lowest BCUT2D eigenvalue weighted by Crippen LogP contribution is -2.29. The van der Waals surface area contributed by atoms with Gasteiger partial charge in [0.05, 0.1) is 18.8 Å². The number of aliphatic hydroxyl groups is 1. The van der Waals surface area contributed by atoms with Crippen molar-refractivity contribution >= 4 is 5.97 Å². The molecule has 1 aliphatic rings. The van der Waals surface area contributed by atoms with Crippen LogP contribution in [-0.2, 0) is 11.3 Å². The zero-order valence-corrected chi connectivity index (χ0v) is 12.5. The van der Waals surface area contributed by atoms with Crippen LogP contribution >= 0.6 is 0 Å². The first-order valence-corrected chi connectivity index (χ1v) is 7.24. The third-order valence-corrected chi connectivity index (χ3v) is 4.07. The predicted molar refractivity (Wildman–Crippen MR) is 77.4 cm³/mol. The fraction of sp³-hybridized carbons (Fsp3) is 0.562. The molecule has 0 aromatic heterocycles. The second-order valence-corrected chi connectivity index (χ2v) is 5.75. The lowest BCUT2D eigenvalue weighted by atomic mass is 10.0. The summed E-state index contributed by atoms with van der Waals surface area (Å²) < 4.78 is 18.5. The van der Waals surface area contributed by atoms with Gasteiger partial charge in [0, 0.05) is 18.7 Å². The van der Waals surface area contributed by atoms with E-state index in [2.05, 4.69) is 4.74 Å². The zero-order valence-electron chi connectivity index (χ0n) is 12.5. The van der Waals surface area contributed by atoms with Gasteiger partial charge in [-0.3, -0.25) is 0 Å². The predicted octanol–water partition coefficient (Wildman–Crippen LogP) is 2.21. The van der Waals surface area contributed by atoms with Crippen LogP contribution in [0.5, 0.6) is 0 Å². The van der Waals surface area contributed by atoms with Gasteiger partial charge < -0.3 is 14.7 Å². The fourth-order valence-corrected chi connectivity index (χ4v) is 2.93. The van der Waals surface area contributed by atoms with Crippen molar-refractivity contribution in [1.29, 1.82) is 0 Å². The van der Waals surface area contributed by atoms with E-state index in [1.807, 2.05) is 11.9 Å². The molecule has 2 rings (SSSR count). The van der Waals surface area contributed by atoms with Gasteiger partial charge in [-0.15, -0.1) is 0 Å². The summed E-state index contributed by atoms with van der Waals surface area (Å²) in [5.74, 6) is -0.548. The minimum atomic E-state index is -0.467. The number of ether oxygens (including phenoxy) is 1. The van der Waals surface area contributed by atoms with Gasteiger partial charge in [0.15, 0.2) is 0 Å². The Labute approximate surface area is 124 Å². The van der Waals surface area contributed by atoms with E-state index in [1.54, 1.807) is 0 Å². The first-order chi connectivity index (χ1) is 10.0. The van der Waals surface area contributed by atoms with Crippen molar-refractivity contribution in [2.24, 2.45) is 5.92 Å². The SMILES string of the molecule is COC(=O)c1ccc(F)c(CN(C)CC2CCCC2O)c1. The summed E-state index contributed by atoms with van der Waals surface area (Å²) in [4.78, 5) is 13.5. The van der Waals surface area contributed by atoms with E-state index < -0.39 is 5.97 Å². The van der Waals surface area contributed by atoms with Crippen molar-refractivity contribution in [1.82, 2.24) is 4.90 Å².